The van der Waals surface area contributed by atoms with Gasteiger partial charge in [-0.05, 0) is 38.4 Å². The van der Waals surface area contributed by atoms with Crippen molar-refractivity contribution >= 4 is 0 Å². The van der Waals surface area contributed by atoms with Crippen LogP contribution in [0, 0.1) is 6.92 Å². The van der Waals surface area contributed by atoms with Crippen molar-refractivity contribution in [3.8, 4) is 5.88 Å². The first kappa shape index (κ1) is 15.0. The van der Waals surface area contributed by atoms with Crippen LogP contribution in [0.5, 0.6) is 5.88 Å². The van der Waals surface area contributed by atoms with Crippen molar-refractivity contribution in [2.75, 3.05) is 26.2 Å². The SMILES string of the molecule is CCC.Cc1ccc(OCCN2CCCC2)nc1. The summed E-state index contributed by atoms with van der Waals surface area (Å²) in [5.41, 5.74) is 1.17. The Morgan fingerprint density at radius 2 is 1.89 bits per heavy atom. The molecule has 0 unspecified atom stereocenters. The van der Waals surface area contributed by atoms with Crippen LogP contribution in [0.1, 0.15) is 38.7 Å². The van der Waals surface area contributed by atoms with E-state index in [9.17, 15) is 0 Å². The lowest BCUT2D eigenvalue weighted by Crippen LogP contribution is -2.25. The molecule has 102 valence electrons. The number of pyridine rings is 1. The second kappa shape index (κ2) is 8.92. The monoisotopic (exact) mass is 250 g/mol. The summed E-state index contributed by atoms with van der Waals surface area (Å²) < 4.78 is 5.57. The average molecular weight is 250 g/mol. The summed E-state index contributed by atoms with van der Waals surface area (Å²) >= 11 is 0. The van der Waals surface area contributed by atoms with E-state index in [1.165, 1.54) is 37.9 Å². The first-order chi connectivity index (χ1) is 8.76. The van der Waals surface area contributed by atoms with Crippen LogP contribution in [0.2, 0.25) is 0 Å². The van der Waals surface area contributed by atoms with Crippen molar-refractivity contribution in [2.24, 2.45) is 0 Å². The highest BCUT2D eigenvalue weighted by molar-refractivity contribution is 5.16. The van der Waals surface area contributed by atoms with Crippen LogP contribution >= 0.6 is 0 Å². The summed E-state index contributed by atoms with van der Waals surface area (Å²) in [6.45, 7) is 10.5. The molecule has 0 atom stereocenters. The predicted octanol–water partition coefficient (Wildman–Crippen LogP) is 3.28. The molecule has 0 spiro atoms. The van der Waals surface area contributed by atoms with Crippen molar-refractivity contribution in [1.29, 1.82) is 0 Å². The van der Waals surface area contributed by atoms with Gasteiger partial charge in [0.25, 0.3) is 0 Å². The van der Waals surface area contributed by atoms with Gasteiger partial charge in [0.2, 0.25) is 5.88 Å². The minimum absolute atomic E-state index is 0.736. The normalized spacial score (nSPS) is 15.1. The Balaban J connectivity index is 0.000000492. The summed E-state index contributed by atoms with van der Waals surface area (Å²) in [6.07, 6.45) is 5.76. The van der Waals surface area contributed by atoms with Gasteiger partial charge in [0.05, 0.1) is 0 Å². The van der Waals surface area contributed by atoms with Gasteiger partial charge in [0.1, 0.15) is 6.61 Å². The molecule has 1 aromatic rings. The Morgan fingerprint density at radius 1 is 1.22 bits per heavy atom. The molecule has 0 aromatic carbocycles. The Morgan fingerprint density at radius 3 is 2.44 bits per heavy atom. The van der Waals surface area contributed by atoms with Crippen LogP contribution in [0.4, 0.5) is 0 Å². The molecule has 0 amide bonds. The summed E-state index contributed by atoms with van der Waals surface area (Å²) in [4.78, 5) is 6.64. The smallest absolute Gasteiger partial charge is 0.213 e. The molecule has 0 saturated carbocycles. The fourth-order valence-electron chi connectivity index (χ4n) is 1.83. The molecule has 2 rings (SSSR count). The summed E-state index contributed by atoms with van der Waals surface area (Å²) in [5.74, 6) is 0.736. The zero-order chi connectivity index (χ0) is 13.2. The fourth-order valence-corrected chi connectivity index (χ4v) is 1.83. The van der Waals surface area contributed by atoms with E-state index >= 15 is 0 Å². The van der Waals surface area contributed by atoms with E-state index < -0.39 is 0 Å². The number of nitrogens with zero attached hydrogens (tertiary/aromatic N) is 2. The molecule has 0 aliphatic carbocycles. The number of hydrogen-bond donors (Lipinski definition) is 0. The lowest BCUT2D eigenvalue weighted by Gasteiger charge is -2.14. The average Bonchev–Trinajstić information content (AvgIpc) is 2.86. The van der Waals surface area contributed by atoms with Gasteiger partial charge in [-0.25, -0.2) is 4.98 Å². The fraction of sp³-hybridized carbons (Fsp3) is 0.667. The predicted molar refractivity (Wildman–Crippen MR) is 76.1 cm³/mol. The number of rotatable bonds is 4. The molecule has 2 heterocycles. The molecule has 3 heteroatoms. The zero-order valence-corrected chi connectivity index (χ0v) is 12.0. The molecule has 0 N–H and O–H groups in total. The second-order valence-corrected chi connectivity index (χ2v) is 4.78. The first-order valence-corrected chi connectivity index (χ1v) is 7.04. The van der Waals surface area contributed by atoms with Gasteiger partial charge in [0.15, 0.2) is 0 Å². The minimum Gasteiger partial charge on any atom is -0.476 e. The van der Waals surface area contributed by atoms with Gasteiger partial charge in [-0.15, -0.1) is 0 Å². The van der Waals surface area contributed by atoms with Crippen LogP contribution in [-0.4, -0.2) is 36.1 Å². The molecule has 3 nitrogen and oxygen atoms in total. The number of ether oxygens (including phenoxy) is 1. The van der Waals surface area contributed by atoms with Crippen LogP contribution in [0.25, 0.3) is 0 Å². The van der Waals surface area contributed by atoms with Gasteiger partial charge >= 0.3 is 0 Å². The van der Waals surface area contributed by atoms with Gasteiger partial charge in [-0.2, -0.15) is 0 Å². The van der Waals surface area contributed by atoms with Crippen molar-refractivity contribution in [3.63, 3.8) is 0 Å². The molecular formula is C15H26N2O. The summed E-state index contributed by atoms with van der Waals surface area (Å²) in [6, 6.07) is 3.96. The first-order valence-electron chi connectivity index (χ1n) is 7.04. The number of aryl methyl sites for hydroxylation is 1. The van der Waals surface area contributed by atoms with Crippen molar-refractivity contribution in [1.82, 2.24) is 9.88 Å². The van der Waals surface area contributed by atoms with E-state index in [1.807, 2.05) is 25.3 Å². The third-order valence-corrected chi connectivity index (χ3v) is 2.74. The quantitative estimate of drug-likeness (QED) is 0.820. The van der Waals surface area contributed by atoms with Crippen LogP contribution in [0.15, 0.2) is 18.3 Å². The zero-order valence-electron chi connectivity index (χ0n) is 12.0. The Kier molecular flexibility index (Phi) is 7.42. The maximum Gasteiger partial charge on any atom is 0.213 e. The standard InChI is InChI=1S/C12H18N2O.C3H8/c1-11-4-5-12(13-10-11)15-9-8-14-6-2-3-7-14;1-3-2/h4-5,10H,2-3,6-9H2,1H3;3H2,1-2H3. The molecule has 0 bridgehead atoms. The topological polar surface area (TPSA) is 25.4 Å². The Bertz CT molecular complexity index is 305. The van der Waals surface area contributed by atoms with Crippen LogP contribution < -0.4 is 4.74 Å². The lowest BCUT2D eigenvalue weighted by atomic mass is 10.3. The number of likely N-dealkylation sites (tertiary alicyclic amines) is 1. The summed E-state index contributed by atoms with van der Waals surface area (Å²) in [7, 11) is 0. The van der Waals surface area contributed by atoms with E-state index in [0.717, 1.165) is 19.0 Å². The third kappa shape index (κ3) is 6.01. The Hall–Kier alpha value is -1.09. The van der Waals surface area contributed by atoms with Gasteiger partial charge in [0, 0.05) is 18.8 Å². The van der Waals surface area contributed by atoms with E-state index in [4.69, 9.17) is 4.74 Å². The van der Waals surface area contributed by atoms with Crippen LogP contribution in [0.3, 0.4) is 0 Å². The Labute approximate surface area is 111 Å². The minimum atomic E-state index is 0.736. The second-order valence-electron chi connectivity index (χ2n) is 4.78. The van der Waals surface area contributed by atoms with Gasteiger partial charge in [-0.1, -0.05) is 26.3 Å². The highest BCUT2D eigenvalue weighted by Crippen LogP contribution is 2.08. The molecule has 0 radical (unpaired) electrons. The molecule has 1 fully saturated rings. The van der Waals surface area contributed by atoms with Gasteiger partial charge < -0.3 is 4.74 Å². The molecular weight excluding hydrogens is 224 g/mol. The van der Waals surface area contributed by atoms with Gasteiger partial charge in [-0.3, -0.25) is 4.90 Å². The molecule has 1 saturated heterocycles. The maximum absolute atomic E-state index is 5.57. The lowest BCUT2D eigenvalue weighted by molar-refractivity contribution is 0.232. The number of hydrogen-bond acceptors (Lipinski definition) is 3. The van der Waals surface area contributed by atoms with Crippen molar-refractivity contribution in [3.05, 3.63) is 23.9 Å². The molecule has 1 aliphatic heterocycles. The van der Waals surface area contributed by atoms with E-state index in [-0.39, 0.29) is 0 Å². The van der Waals surface area contributed by atoms with Crippen molar-refractivity contribution in [2.45, 2.75) is 40.0 Å². The molecule has 1 aromatic heterocycles. The number of aromatic nitrogens is 1. The van der Waals surface area contributed by atoms with E-state index in [0.29, 0.717) is 0 Å². The molecule has 1 aliphatic rings. The summed E-state index contributed by atoms with van der Waals surface area (Å²) in [5, 5.41) is 0. The van der Waals surface area contributed by atoms with E-state index in [1.54, 1.807) is 0 Å². The highest BCUT2D eigenvalue weighted by Gasteiger charge is 2.10. The highest BCUT2D eigenvalue weighted by atomic mass is 16.5. The van der Waals surface area contributed by atoms with Crippen molar-refractivity contribution < 1.29 is 4.74 Å². The molecule has 18 heavy (non-hydrogen) atoms. The van der Waals surface area contributed by atoms with E-state index in [2.05, 4.69) is 23.7 Å². The third-order valence-electron chi connectivity index (χ3n) is 2.74. The maximum atomic E-state index is 5.57. The largest absolute Gasteiger partial charge is 0.476 e. The van der Waals surface area contributed by atoms with Crippen LogP contribution in [-0.2, 0) is 0 Å².